The molecule has 1 aromatic carbocycles. The number of aliphatic hydroxyl groups excluding tert-OH is 1. The third-order valence-corrected chi connectivity index (χ3v) is 3.07. The van der Waals surface area contributed by atoms with Crippen LogP contribution in [0.25, 0.3) is 0 Å². The van der Waals surface area contributed by atoms with Crippen molar-refractivity contribution in [3.8, 4) is 11.5 Å². The number of ether oxygens (including phenoxy) is 2. The van der Waals surface area contributed by atoms with E-state index in [9.17, 15) is 5.11 Å². The van der Waals surface area contributed by atoms with Gasteiger partial charge in [0.25, 0.3) is 0 Å². The largest absolute Gasteiger partial charge is 0.497 e. The summed E-state index contributed by atoms with van der Waals surface area (Å²) in [5.41, 5.74) is 1.04. The van der Waals surface area contributed by atoms with Crippen molar-refractivity contribution in [1.82, 2.24) is 5.32 Å². The number of rotatable bonds is 6. The summed E-state index contributed by atoms with van der Waals surface area (Å²) in [6, 6.07) is 5.71. The molecule has 114 valence electrons. The SMILES string of the molecule is COc1ccc(OC(C)C(C)O)c(CNC(C)(C)C)c1. The summed E-state index contributed by atoms with van der Waals surface area (Å²) in [5.74, 6) is 1.57. The highest BCUT2D eigenvalue weighted by Crippen LogP contribution is 2.26. The highest BCUT2D eigenvalue weighted by atomic mass is 16.5. The Morgan fingerprint density at radius 3 is 2.40 bits per heavy atom. The maximum atomic E-state index is 9.57. The zero-order valence-electron chi connectivity index (χ0n) is 13.4. The molecule has 20 heavy (non-hydrogen) atoms. The molecule has 4 heteroatoms. The van der Waals surface area contributed by atoms with Gasteiger partial charge in [-0.15, -0.1) is 0 Å². The minimum atomic E-state index is -0.513. The molecular formula is C16H27NO3. The number of hydrogen-bond acceptors (Lipinski definition) is 4. The fourth-order valence-electron chi connectivity index (χ4n) is 1.60. The first-order valence-corrected chi connectivity index (χ1v) is 6.99. The van der Waals surface area contributed by atoms with Gasteiger partial charge in [0, 0.05) is 17.6 Å². The van der Waals surface area contributed by atoms with Crippen LogP contribution in [0.15, 0.2) is 18.2 Å². The van der Waals surface area contributed by atoms with E-state index in [1.807, 2.05) is 25.1 Å². The Kier molecular flexibility index (Phi) is 5.84. The average molecular weight is 281 g/mol. The van der Waals surface area contributed by atoms with Gasteiger partial charge in [0.1, 0.15) is 17.6 Å². The number of methoxy groups -OCH3 is 1. The van der Waals surface area contributed by atoms with Crippen LogP contribution in [0.3, 0.4) is 0 Å². The summed E-state index contributed by atoms with van der Waals surface area (Å²) in [7, 11) is 1.65. The van der Waals surface area contributed by atoms with Crippen LogP contribution in [-0.2, 0) is 6.54 Å². The maximum absolute atomic E-state index is 9.57. The van der Waals surface area contributed by atoms with Crippen LogP contribution in [0.5, 0.6) is 11.5 Å². The zero-order chi connectivity index (χ0) is 15.3. The molecule has 0 fully saturated rings. The molecule has 0 aliphatic carbocycles. The van der Waals surface area contributed by atoms with Crippen molar-refractivity contribution in [3.05, 3.63) is 23.8 Å². The Balaban J connectivity index is 2.91. The summed E-state index contributed by atoms with van der Waals surface area (Å²) >= 11 is 0. The minimum Gasteiger partial charge on any atom is -0.497 e. The van der Waals surface area contributed by atoms with E-state index in [1.54, 1.807) is 14.0 Å². The van der Waals surface area contributed by atoms with Crippen LogP contribution >= 0.6 is 0 Å². The molecule has 0 amide bonds. The second kappa shape index (κ2) is 6.95. The van der Waals surface area contributed by atoms with Crippen molar-refractivity contribution < 1.29 is 14.6 Å². The number of benzene rings is 1. The van der Waals surface area contributed by atoms with Crippen LogP contribution < -0.4 is 14.8 Å². The van der Waals surface area contributed by atoms with E-state index < -0.39 is 6.10 Å². The van der Waals surface area contributed by atoms with Crippen LogP contribution in [0.4, 0.5) is 0 Å². The normalized spacial score (nSPS) is 14.8. The summed E-state index contributed by atoms with van der Waals surface area (Å²) in [5, 5.41) is 13.0. The van der Waals surface area contributed by atoms with E-state index in [0.29, 0.717) is 6.54 Å². The molecule has 0 heterocycles. The first kappa shape index (κ1) is 16.8. The van der Waals surface area contributed by atoms with Gasteiger partial charge in [0.2, 0.25) is 0 Å². The van der Waals surface area contributed by atoms with Gasteiger partial charge in [-0.1, -0.05) is 0 Å². The van der Waals surface area contributed by atoms with Gasteiger partial charge in [0.15, 0.2) is 0 Å². The third-order valence-electron chi connectivity index (χ3n) is 3.07. The van der Waals surface area contributed by atoms with Crippen LogP contribution in [-0.4, -0.2) is 30.0 Å². The van der Waals surface area contributed by atoms with Crippen molar-refractivity contribution in [1.29, 1.82) is 0 Å². The number of hydrogen-bond donors (Lipinski definition) is 2. The van der Waals surface area contributed by atoms with Gasteiger partial charge in [-0.25, -0.2) is 0 Å². The smallest absolute Gasteiger partial charge is 0.124 e. The Morgan fingerprint density at radius 1 is 1.25 bits per heavy atom. The topological polar surface area (TPSA) is 50.7 Å². The molecule has 1 aromatic rings. The Bertz CT molecular complexity index is 424. The second-order valence-corrected chi connectivity index (χ2v) is 6.14. The molecule has 0 spiro atoms. The Morgan fingerprint density at radius 2 is 1.90 bits per heavy atom. The molecule has 0 saturated heterocycles. The molecule has 0 saturated carbocycles. The lowest BCUT2D eigenvalue weighted by Crippen LogP contribution is -2.35. The van der Waals surface area contributed by atoms with E-state index in [1.165, 1.54) is 0 Å². The lowest BCUT2D eigenvalue weighted by Gasteiger charge is -2.24. The molecule has 0 radical (unpaired) electrons. The summed E-state index contributed by atoms with van der Waals surface area (Å²) in [6.07, 6.45) is -0.766. The fraction of sp³-hybridized carbons (Fsp3) is 0.625. The number of nitrogens with one attached hydrogen (secondary N) is 1. The fourth-order valence-corrected chi connectivity index (χ4v) is 1.60. The molecule has 2 atom stereocenters. The molecule has 0 aliphatic rings. The third kappa shape index (κ3) is 5.39. The highest BCUT2D eigenvalue weighted by molar-refractivity contribution is 5.40. The lowest BCUT2D eigenvalue weighted by molar-refractivity contribution is 0.0596. The summed E-state index contributed by atoms with van der Waals surface area (Å²) in [4.78, 5) is 0. The Hall–Kier alpha value is -1.26. The van der Waals surface area contributed by atoms with Crippen LogP contribution in [0.2, 0.25) is 0 Å². The monoisotopic (exact) mass is 281 g/mol. The van der Waals surface area contributed by atoms with Gasteiger partial charge < -0.3 is 19.9 Å². The average Bonchev–Trinajstić information content (AvgIpc) is 2.36. The summed E-state index contributed by atoms with van der Waals surface area (Å²) < 4.78 is 11.1. The van der Waals surface area contributed by atoms with Gasteiger partial charge in [0.05, 0.1) is 13.2 Å². The Labute approximate surface area is 122 Å². The molecule has 0 aromatic heterocycles. The molecule has 4 nitrogen and oxygen atoms in total. The molecule has 0 aliphatic heterocycles. The first-order valence-electron chi connectivity index (χ1n) is 6.99. The van der Waals surface area contributed by atoms with Gasteiger partial charge in [-0.2, -0.15) is 0 Å². The maximum Gasteiger partial charge on any atom is 0.124 e. The van der Waals surface area contributed by atoms with Crippen molar-refractivity contribution in [2.45, 2.75) is 58.9 Å². The number of aliphatic hydroxyl groups is 1. The van der Waals surface area contributed by atoms with E-state index in [2.05, 4.69) is 26.1 Å². The molecule has 2 N–H and O–H groups in total. The van der Waals surface area contributed by atoms with Crippen LogP contribution in [0, 0.1) is 0 Å². The molecular weight excluding hydrogens is 254 g/mol. The predicted molar refractivity (Wildman–Crippen MR) is 81.4 cm³/mol. The minimum absolute atomic E-state index is 0.0240. The van der Waals surface area contributed by atoms with Crippen molar-refractivity contribution in [3.63, 3.8) is 0 Å². The van der Waals surface area contributed by atoms with Gasteiger partial charge in [-0.3, -0.25) is 0 Å². The van der Waals surface area contributed by atoms with E-state index in [-0.39, 0.29) is 11.6 Å². The van der Waals surface area contributed by atoms with Gasteiger partial charge in [-0.05, 0) is 52.8 Å². The quantitative estimate of drug-likeness (QED) is 0.842. The highest BCUT2D eigenvalue weighted by Gasteiger charge is 2.15. The predicted octanol–water partition coefficient (Wildman–Crippen LogP) is 2.73. The zero-order valence-corrected chi connectivity index (χ0v) is 13.4. The van der Waals surface area contributed by atoms with E-state index in [4.69, 9.17) is 9.47 Å². The lowest BCUT2D eigenvalue weighted by atomic mass is 10.1. The standard InChI is InChI=1S/C16H27NO3/c1-11(18)12(2)20-15-8-7-14(19-6)9-13(15)10-17-16(3,4)5/h7-9,11-12,17-18H,10H2,1-6H3. The van der Waals surface area contributed by atoms with Gasteiger partial charge >= 0.3 is 0 Å². The van der Waals surface area contributed by atoms with Crippen molar-refractivity contribution in [2.75, 3.05) is 7.11 Å². The molecule has 1 rings (SSSR count). The van der Waals surface area contributed by atoms with Crippen LogP contribution in [0.1, 0.15) is 40.2 Å². The summed E-state index contributed by atoms with van der Waals surface area (Å²) in [6.45, 7) is 10.6. The molecule has 0 bridgehead atoms. The second-order valence-electron chi connectivity index (χ2n) is 6.14. The van der Waals surface area contributed by atoms with E-state index >= 15 is 0 Å². The van der Waals surface area contributed by atoms with Crippen molar-refractivity contribution >= 4 is 0 Å². The first-order chi connectivity index (χ1) is 9.23. The van der Waals surface area contributed by atoms with E-state index in [0.717, 1.165) is 17.1 Å². The van der Waals surface area contributed by atoms with Crippen molar-refractivity contribution in [2.24, 2.45) is 0 Å². The molecule has 2 unspecified atom stereocenters.